The van der Waals surface area contributed by atoms with E-state index in [0.717, 1.165) is 30.7 Å². The summed E-state index contributed by atoms with van der Waals surface area (Å²) in [6.07, 6.45) is 7.56. The molecule has 0 bridgehead atoms. The van der Waals surface area contributed by atoms with Crippen LogP contribution >= 0.6 is 0 Å². The van der Waals surface area contributed by atoms with Gasteiger partial charge >= 0.3 is 0 Å². The van der Waals surface area contributed by atoms with Crippen molar-refractivity contribution in [2.24, 2.45) is 0 Å². The Morgan fingerprint density at radius 2 is 1.75 bits per heavy atom. The van der Waals surface area contributed by atoms with Gasteiger partial charge < -0.3 is 10.6 Å². The quantitative estimate of drug-likeness (QED) is 0.875. The van der Waals surface area contributed by atoms with Gasteiger partial charge in [-0.3, -0.25) is 4.79 Å². The number of carbonyl (C=O) groups is 1. The molecule has 1 fully saturated rings. The Hall–Kier alpha value is -2.50. The molecule has 0 aliphatic heterocycles. The average Bonchev–Trinajstić information content (AvgIpc) is 2.60. The van der Waals surface area contributed by atoms with Gasteiger partial charge in [0.15, 0.2) is 0 Å². The van der Waals surface area contributed by atoms with Crippen LogP contribution in [0.3, 0.4) is 0 Å². The van der Waals surface area contributed by atoms with Gasteiger partial charge in [0.2, 0.25) is 0 Å². The van der Waals surface area contributed by atoms with Gasteiger partial charge in [0.1, 0.15) is 23.0 Å². The normalized spacial score (nSPS) is 15.1. The molecule has 0 unspecified atom stereocenters. The molecular weight excluding hydrogens is 312 g/mol. The highest BCUT2D eigenvalue weighted by molar-refractivity contribution is 6.03. The van der Waals surface area contributed by atoms with E-state index in [1.807, 2.05) is 0 Å². The van der Waals surface area contributed by atoms with Crippen LogP contribution in [-0.4, -0.2) is 16.9 Å². The van der Waals surface area contributed by atoms with Crippen molar-refractivity contribution in [2.45, 2.75) is 38.1 Å². The summed E-state index contributed by atoms with van der Waals surface area (Å²) in [5.74, 6) is -2.29. The molecule has 2 N–H and O–H groups in total. The SMILES string of the molecule is O=C(Nc1c(F)cccc1F)c1ccc(NC2CCCCC2)cn1. The van der Waals surface area contributed by atoms with Crippen molar-refractivity contribution in [3.63, 3.8) is 0 Å². The van der Waals surface area contributed by atoms with E-state index in [0.29, 0.717) is 6.04 Å². The van der Waals surface area contributed by atoms with E-state index in [9.17, 15) is 13.6 Å². The zero-order chi connectivity index (χ0) is 16.9. The average molecular weight is 331 g/mol. The first-order valence-electron chi connectivity index (χ1n) is 8.11. The van der Waals surface area contributed by atoms with Gasteiger partial charge in [0.25, 0.3) is 5.91 Å². The van der Waals surface area contributed by atoms with E-state index < -0.39 is 23.2 Å². The van der Waals surface area contributed by atoms with Crippen LogP contribution in [0.15, 0.2) is 36.5 Å². The zero-order valence-corrected chi connectivity index (χ0v) is 13.2. The lowest BCUT2D eigenvalue weighted by molar-refractivity contribution is 0.102. The number of pyridine rings is 1. The maximum atomic E-state index is 13.6. The zero-order valence-electron chi connectivity index (χ0n) is 13.2. The van der Waals surface area contributed by atoms with Crippen molar-refractivity contribution in [3.05, 3.63) is 53.9 Å². The summed E-state index contributed by atoms with van der Waals surface area (Å²) in [6, 6.07) is 7.15. The number of hydrogen-bond donors (Lipinski definition) is 2. The highest BCUT2D eigenvalue weighted by Gasteiger charge is 2.16. The fraction of sp³-hybridized carbons (Fsp3) is 0.333. The maximum Gasteiger partial charge on any atom is 0.274 e. The summed E-state index contributed by atoms with van der Waals surface area (Å²) < 4.78 is 27.1. The van der Waals surface area contributed by atoms with Crippen molar-refractivity contribution in [3.8, 4) is 0 Å². The van der Waals surface area contributed by atoms with E-state index in [-0.39, 0.29) is 5.69 Å². The van der Waals surface area contributed by atoms with Gasteiger partial charge in [0, 0.05) is 6.04 Å². The smallest absolute Gasteiger partial charge is 0.274 e. The summed E-state index contributed by atoms with van der Waals surface area (Å²) in [5.41, 5.74) is 0.482. The second-order valence-electron chi connectivity index (χ2n) is 5.96. The van der Waals surface area contributed by atoms with Crippen LogP contribution in [0.25, 0.3) is 0 Å². The van der Waals surface area contributed by atoms with Crippen LogP contribution in [0, 0.1) is 11.6 Å². The largest absolute Gasteiger partial charge is 0.381 e. The number of halogens is 2. The Kier molecular flexibility index (Phi) is 5.03. The Morgan fingerprint density at radius 3 is 2.38 bits per heavy atom. The molecule has 1 aromatic heterocycles. The minimum Gasteiger partial charge on any atom is -0.381 e. The lowest BCUT2D eigenvalue weighted by Gasteiger charge is -2.23. The minimum absolute atomic E-state index is 0.104. The third kappa shape index (κ3) is 3.88. The second kappa shape index (κ2) is 7.38. The predicted molar refractivity (Wildman–Crippen MR) is 89.0 cm³/mol. The summed E-state index contributed by atoms with van der Waals surface area (Å²) in [6.45, 7) is 0. The number of amides is 1. The number of benzene rings is 1. The molecule has 0 atom stereocenters. The summed E-state index contributed by atoms with van der Waals surface area (Å²) in [7, 11) is 0. The monoisotopic (exact) mass is 331 g/mol. The molecule has 24 heavy (non-hydrogen) atoms. The van der Waals surface area contributed by atoms with E-state index in [1.165, 1.54) is 25.3 Å². The molecule has 1 aliphatic rings. The van der Waals surface area contributed by atoms with Crippen molar-refractivity contribution in [1.29, 1.82) is 0 Å². The third-order valence-corrected chi connectivity index (χ3v) is 4.17. The lowest BCUT2D eigenvalue weighted by Crippen LogP contribution is -2.22. The first-order valence-corrected chi connectivity index (χ1v) is 8.11. The summed E-state index contributed by atoms with van der Waals surface area (Å²) in [4.78, 5) is 16.2. The third-order valence-electron chi connectivity index (χ3n) is 4.17. The van der Waals surface area contributed by atoms with Crippen molar-refractivity contribution in [1.82, 2.24) is 4.98 Å². The lowest BCUT2D eigenvalue weighted by atomic mass is 9.95. The summed E-state index contributed by atoms with van der Waals surface area (Å²) in [5, 5.41) is 5.62. The Bertz CT molecular complexity index is 692. The molecule has 126 valence electrons. The van der Waals surface area contributed by atoms with Gasteiger partial charge in [-0.1, -0.05) is 25.3 Å². The molecule has 6 heteroatoms. The van der Waals surface area contributed by atoms with E-state index in [4.69, 9.17) is 0 Å². The van der Waals surface area contributed by atoms with Gasteiger partial charge in [-0.05, 0) is 37.1 Å². The van der Waals surface area contributed by atoms with Crippen molar-refractivity contribution < 1.29 is 13.6 Å². The van der Waals surface area contributed by atoms with Crippen molar-refractivity contribution in [2.75, 3.05) is 10.6 Å². The molecule has 3 rings (SSSR count). The van der Waals surface area contributed by atoms with Crippen LogP contribution < -0.4 is 10.6 Å². The van der Waals surface area contributed by atoms with Gasteiger partial charge in [0.05, 0.1) is 11.9 Å². The minimum atomic E-state index is -0.820. The highest BCUT2D eigenvalue weighted by Crippen LogP contribution is 2.22. The maximum absolute atomic E-state index is 13.6. The Labute approximate surface area is 139 Å². The molecule has 1 aliphatic carbocycles. The van der Waals surface area contributed by atoms with Gasteiger partial charge in [-0.2, -0.15) is 0 Å². The van der Waals surface area contributed by atoms with E-state index >= 15 is 0 Å². The molecule has 1 saturated carbocycles. The predicted octanol–water partition coefficient (Wildman–Crippen LogP) is 4.36. The highest BCUT2D eigenvalue weighted by atomic mass is 19.1. The number of hydrogen-bond acceptors (Lipinski definition) is 3. The molecule has 0 saturated heterocycles. The molecule has 1 aromatic carbocycles. The number of para-hydroxylation sites is 1. The van der Waals surface area contributed by atoms with Gasteiger partial charge in [-0.25, -0.2) is 13.8 Å². The van der Waals surface area contributed by atoms with Crippen LogP contribution in [0.2, 0.25) is 0 Å². The fourth-order valence-corrected chi connectivity index (χ4v) is 2.89. The number of nitrogens with zero attached hydrogens (tertiary/aromatic N) is 1. The molecule has 2 aromatic rings. The Balaban J connectivity index is 1.65. The first-order chi connectivity index (χ1) is 11.6. The van der Waals surface area contributed by atoms with E-state index in [1.54, 1.807) is 18.3 Å². The van der Waals surface area contributed by atoms with Crippen LogP contribution in [-0.2, 0) is 0 Å². The molecule has 1 heterocycles. The Morgan fingerprint density at radius 1 is 1.04 bits per heavy atom. The first kappa shape index (κ1) is 16.4. The van der Waals surface area contributed by atoms with Crippen LogP contribution in [0.1, 0.15) is 42.6 Å². The van der Waals surface area contributed by atoms with Gasteiger partial charge in [-0.15, -0.1) is 0 Å². The molecular formula is C18H19F2N3O. The topological polar surface area (TPSA) is 54.0 Å². The summed E-state index contributed by atoms with van der Waals surface area (Å²) >= 11 is 0. The second-order valence-corrected chi connectivity index (χ2v) is 5.96. The fourth-order valence-electron chi connectivity index (χ4n) is 2.89. The van der Waals surface area contributed by atoms with Crippen LogP contribution in [0.5, 0.6) is 0 Å². The number of nitrogens with one attached hydrogen (secondary N) is 2. The molecule has 0 spiro atoms. The number of anilines is 2. The van der Waals surface area contributed by atoms with Crippen LogP contribution in [0.4, 0.5) is 20.2 Å². The molecule has 4 nitrogen and oxygen atoms in total. The number of rotatable bonds is 4. The molecule has 0 radical (unpaired) electrons. The molecule has 1 amide bonds. The number of aromatic nitrogens is 1. The van der Waals surface area contributed by atoms with E-state index in [2.05, 4.69) is 15.6 Å². The standard InChI is InChI=1S/C18H19F2N3O/c19-14-7-4-8-15(20)17(14)23-18(24)16-10-9-13(11-21-16)22-12-5-2-1-3-6-12/h4,7-12,22H,1-3,5-6H2,(H,23,24). The van der Waals surface area contributed by atoms with Crippen molar-refractivity contribution >= 4 is 17.3 Å². The number of carbonyl (C=O) groups excluding carboxylic acids is 1.